The largest absolute Gasteiger partial charge is 0.338 e. The highest BCUT2D eigenvalue weighted by Gasteiger charge is 2.10. The van der Waals surface area contributed by atoms with Crippen molar-refractivity contribution >= 4 is 43.8 Å². The molecule has 0 radical (unpaired) electrons. The predicted molar refractivity (Wildman–Crippen MR) is 70.7 cm³/mol. The van der Waals surface area contributed by atoms with Crippen LogP contribution in [-0.2, 0) is 0 Å². The lowest BCUT2D eigenvalue weighted by Crippen LogP contribution is -2.30. The number of nitrogens with zero attached hydrogens (tertiary/aromatic N) is 2. The molecule has 3 aromatic rings. The van der Waals surface area contributed by atoms with E-state index >= 15 is 0 Å². The number of halogens is 1. The molecule has 3 heterocycles. The van der Waals surface area contributed by atoms with Crippen LogP contribution in [0.15, 0.2) is 29.0 Å². The summed E-state index contributed by atoms with van der Waals surface area (Å²) >= 11 is 3.37. The minimum atomic E-state index is -0.422. The second-order valence-electron chi connectivity index (χ2n) is 3.76. The van der Waals surface area contributed by atoms with Crippen LogP contribution in [-0.4, -0.2) is 20.9 Å². The molecule has 6 nitrogen and oxygen atoms in total. The molecule has 0 bridgehead atoms. The first-order chi connectivity index (χ1) is 8.69. The molecular formula is C11H8BrN5O. The number of hydrogen-bond acceptors (Lipinski definition) is 4. The molecule has 0 saturated heterocycles. The van der Waals surface area contributed by atoms with Gasteiger partial charge in [0.2, 0.25) is 0 Å². The van der Waals surface area contributed by atoms with Crippen LogP contribution in [0, 0.1) is 0 Å². The van der Waals surface area contributed by atoms with Gasteiger partial charge in [0.25, 0.3) is 5.91 Å². The maximum Gasteiger partial charge on any atom is 0.283 e. The summed E-state index contributed by atoms with van der Waals surface area (Å²) in [6.45, 7) is 0. The summed E-state index contributed by atoms with van der Waals surface area (Å²) in [7, 11) is 0. The van der Waals surface area contributed by atoms with Crippen molar-refractivity contribution in [3.63, 3.8) is 0 Å². The second-order valence-corrected chi connectivity index (χ2v) is 4.68. The lowest BCUT2D eigenvalue weighted by molar-refractivity contribution is 0.0949. The van der Waals surface area contributed by atoms with Crippen LogP contribution >= 0.6 is 15.9 Å². The summed E-state index contributed by atoms with van der Waals surface area (Å²) < 4.78 is 0.873. The minimum absolute atomic E-state index is 0.269. The van der Waals surface area contributed by atoms with Gasteiger partial charge in [-0.2, -0.15) is 0 Å². The fourth-order valence-electron chi connectivity index (χ4n) is 1.85. The SMILES string of the molecule is NNC(=O)c1cc2c(cn1)[nH]c1ncc(Br)cc12. The standard InChI is InChI=1S/C11H8BrN5O/c12-5-1-7-6-2-8(11(18)17-13)14-4-9(6)16-10(7)15-3-5/h1-4H,13H2,(H,15,16)(H,17,18). The van der Waals surface area contributed by atoms with Crippen molar-refractivity contribution in [3.8, 4) is 0 Å². The Balaban J connectivity index is 2.34. The lowest BCUT2D eigenvalue weighted by atomic mass is 10.2. The number of nitrogens with one attached hydrogen (secondary N) is 2. The molecule has 0 unspecified atom stereocenters. The molecule has 0 spiro atoms. The quantitative estimate of drug-likeness (QED) is 0.360. The van der Waals surface area contributed by atoms with Crippen molar-refractivity contribution in [2.24, 2.45) is 5.84 Å². The number of nitrogen functional groups attached to an aromatic ring is 1. The van der Waals surface area contributed by atoms with Gasteiger partial charge in [-0.1, -0.05) is 0 Å². The molecule has 1 amide bonds. The Morgan fingerprint density at radius 1 is 1.28 bits per heavy atom. The highest BCUT2D eigenvalue weighted by Crippen LogP contribution is 2.26. The Hall–Kier alpha value is -1.99. The minimum Gasteiger partial charge on any atom is -0.338 e. The number of pyridine rings is 2. The van der Waals surface area contributed by atoms with Gasteiger partial charge in [0.05, 0.1) is 11.7 Å². The summed E-state index contributed by atoms with van der Waals surface area (Å²) in [4.78, 5) is 22.9. The molecule has 18 heavy (non-hydrogen) atoms. The number of carbonyl (C=O) groups excluding carboxylic acids is 1. The van der Waals surface area contributed by atoms with Crippen LogP contribution < -0.4 is 11.3 Å². The van der Waals surface area contributed by atoms with Crippen molar-refractivity contribution < 1.29 is 4.79 Å². The number of carbonyl (C=O) groups is 1. The van der Waals surface area contributed by atoms with Crippen LogP contribution in [0.3, 0.4) is 0 Å². The fourth-order valence-corrected chi connectivity index (χ4v) is 2.18. The van der Waals surface area contributed by atoms with E-state index in [1.54, 1.807) is 18.5 Å². The predicted octanol–water partition coefficient (Wildman–Crippen LogP) is 1.48. The van der Waals surface area contributed by atoms with E-state index in [0.717, 1.165) is 26.4 Å². The molecule has 90 valence electrons. The summed E-state index contributed by atoms with van der Waals surface area (Å²) in [6.07, 6.45) is 3.30. The number of fused-ring (bicyclic) bond motifs is 3. The maximum atomic E-state index is 11.4. The van der Waals surface area contributed by atoms with E-state index in [0.29, 0.717) is 0 Å². The Kier molecular flexibility index (Phi) is 2.49. The molecule has 0 aliphatic carbocycles. The van der Waals surface area contributed by atoms with E-state index in [1.165, 1.54) is 0 Å². The van der Waals surface area contributed by atoms with Gasteiger partial charge in [-0.15, -0.1) is 0 Å². The Labute approximate surface area is 110 Å². The number of rotatable bonds is 1. The lowest BCUT2D eigenvalue weighted by Gasteiger charge is -1.98. The topological polar surface area (TPSA) is 96.7 Å². The van der Waals surface area contributed by atoms with Gasteiger partial charge in [0, 0.05) is 21.4 Å². The van der Waals surface area contributed by atoms with Crippen molar-refractivity contribution in [1.82, 2.24) is 20.4 Å². The molecule has 0 aliphatic rings. The number of hydrogen-bond donors (Lipinski definition) is 3. The molecule has 0 saturated carbocycles. The maximum absolute atomic E-state index is 11.4. The number of H-pyrrole nitrogens is 1. The summed E-state index contributed by atoms with van der Waals surface area (Å²) in [5.41, 5.74) is 3.90. The smallest absolute Gasteiger partial charge is 0.283 e. The number of hydrazine groups is 1. The van der Waals surface area contributed by atoms with Gasteiger partial charge in [-0.05, 0) is 28.1 Å². The van der Waals surface area contributed by atoms with Crippen molar-refractivity contribution in [2.75, 3.05) is 0 Å². The van der Waals surface area contributed by atoms with Gasteiger partial charge in [-0.3, -0.25) is 10.2 Å². The zero-order valence-corrected chi connectivity index (χ0v) is 10.7. The molecule has 0 atom stereocenters. The monoisotopic (exact) mass is 305 g/mol. The Morgan fingerprint density at radius 2 is 2.11 bits per heavy atom. The molecule has 7 heteroatoms. The first-order valence-electron chi connectivity index (χ1n) is 5.13. The van der Waals surface area contributed by atoms with Crippen LogP contribution in [0.4, 0.5) is 0 Å². The molecule has 0 fully saturated rings. The van der Waals surface area contributed by atoms with E-state index in [1.807, 2.05) is 6.07 Å². The third kappa shape index (κ3) is 1.64. The molecule has 4 N–H and O–H groups in total. The second kappa shape index (κ2) is 4.04. The summed E-state index contributed by atoms with van der Waals surface area (Å²) in [5, 5.41) is 1.81. The molecular weight excluding hydrogens is 298 g/mol. The highest BCUT2D eigenvalue weighted by atomic mass is 79.9. The zero-order chi connectivity index (χ0) is 12.7. The van der Waals surface area contributed by atoms with Crippen LogP contribution in [0.2, 0.25) is 0 Å². The highest BCUT2D eigenvalue weighted by molar-refractivity contribution is 9.10. The zero-order valence-electron chi connectivity index (χ0n) is 9.07. The Bertz CT molecular complexity index is 767. The third-order valence-corrected chi connectivity index (χ3v) is 3.10. The van der Waals surface area contributed by atoms with E-state index in [4.69, 9.17) is 5.84 Å². The third-order valence-electron chi connectivity index (χ3n) is 2.67. The van der Waals surface area contributed by atoms with E-state index in [2.05, 4.69) is 36.3 Å². The van der Waals surface area contributed by atoms with Gasteiger partial charge >= 0.3 is 0 Å². The number of nitrogens with two attached hydrogens (primary N) is 1. The van der Waals surface area contributed by atoms with E-state index in [-0.39, 0.29) is 5.69 Å². The molecule has 0 aliphatic heterocycles. The average molecular weight is 306 g/mol. The van der Waals surface area contributed by atoms with Crippen molar-refractivity contribution in [2.45, 2.75) is 0 Å². The van der Waals surface area contributed by atoms with E-state index < -0.39 is 5.91 Å². The Morgan fingerprint density at radius 3 is 2.89 bits per heavy atom. The number of aromatic amines is 1. The van der Waals surface area contributed by atoms with Gasteiger partial charge in [0.15, 0.2) is 0 Å². The molecule has 3 aromatic heterocycles. The van der Waals surface area contributed by atoms with Crippen molar-refractivity contribution in [1.29, 1.82) is 0 Å². The summed E-state index contributed by atoms with van der Waals surface area (Å²) in [5.74, 6) is 4.67. The van der Waals surface area contributed by atoms with Gasteiger partial charge in [-0.25, -0.2) is 15.8 Å². The van der Waals surface area contributed by atoms with Crippen molar-refractivity contribution in [3.05, 3.63) is 34.7 Å². The molecule has 3 rings (SSSR count). The number of aromatic nitrogens is 3. The first-order valence-corrected chi connectivity index (χ1v) is 5.92. The summed E-state index contributed by atoms with van der Waals surface area (Å²) in [6, 6.07) is 3.62. The van der Waals surface area contributed by atoms with Crippen LogP contribution in [0.5, 0.6) is 0 Å². The normalized spacial score (nSPS) is 11.0. The first kappa shape index (κ1) is 11.1. The molecule has 0 aromatic carbocycles. The van der Waals surface area contributed by atoms with Crippen LogP contribution in [0.25, 0.3) is 21.9 Å². The van der Waals surface area contributed by atoms with Crippen LogP contribution in [0.1, 0.15) is 10.5 Å². The van der Waals surface area contributed by atoms with Gasteiger partial charge in [0.1, 0.15) is 11.3 Å². The van der Waals surface area contributed by atoms with E-state index in [9.17, 15) is 4.79 Å². The average Bonchev–Trinajstić information content (AvgIpc) is 2.75. The fraction of sp³-hybridized carbons (Fsp3) is 0. The van der Waals surface area contributed by atoms with Gasteiger partial charge < -0.3 is 4.98 Å². The number of amides is 1.